The molecule has 1 unspecified atom stereocenters. The first-order chi connectivity index (χ1) is 9.06. The Morgan fingerprint density at radius 3 is 2.63 bits per heavy atom. The summed E-state index contributed by atoms with van der Waals surface area (Å²) in [5, 5.41) is 17.8. The van der Waals surface area contributed by atoms with Crippen LogP contribution in [0.25, 0.3) is 0 Å². The maximum atomic E-state index is 11.3. The molecule has 7 heteroatoms. The van der Waals surface area contributed by atoms with E-state index in [-0.39, 0.29) is 5.75 Å². The van der Waals surface area contributed by atoms with Crippen molar-refractivity contribution in [3.05, 3.63) is 29.8 Å². The number of amides is 1. The average Bonchev–Trinajstić information content (AvgIpc) is 2.83. The molecule has 0 aromatic heterocycles. The Balaban J connectivity index is 2.39. The quantitative estimate of drug-likeness (QED) is 0.880. The summed E-state index contributed by atoms with van der Waals surface area (Å²) in [7, 11) is 1.50. The van der Waals surface area contributed by atoms with Crippen molar-refractivity contribution in [1.29, 1.82) is 0 Å². The minimum absolute atomic E-state index is 0.227. The highest BCUT2D eigenvalue weighted by Crippen LogP contribution is 2.44. The van der Waals surface area contributed by atoms with Crippen molar-refractivity contribution in [3.63, 3.8) is 0 Å². The van der Waals surface area contributed by atoms with Gasteiger partial charge in [-0.25, -0.2) is 9.59 Å². The van der Waals surface area contributed by atoms with Gasteiger partial charge in [-0.05, 0) is 6.07 Å². The van der Waals surface area contributed by atoms with E-state index in [0.717, 1.165) is 4.90 Å². The molecule has 2 N–H and O–H groups in total. The highest BCUT2D eigenvalue weighted by atomic mass is 32.2. The van der Waals surface area contributed by atoms with E-state index in [9.17, 15) is 14.7 Å². The number of methoxy groups -OCH3 is 1. The van der Waals surface area contributed by atoms with E-state index in [2.05, 4.69) is 0 Å². The van der Waals surface area contributed by atoms with Gasteiger partial charge in [-0.15, -0.1) is 11.8 Å². The molecule has 1 aromatic carbocycles. The van der Waals surface area contributed by atoms with E-state index in [1.807, 2.05) is 0 Å². The van der Waals surface area contributed by atoms with Crippen molar-refractivity contribution in [2.45, 2.75) is 11.4 Å². The summed E-state index contributed by atoms with van der Waals surface area (Å²) in [5.41, 5.74) is 0.668. The molecule has 19 heavy (non-hydrogen) atoms. The van der Waals surface area contributed by atoms with E-state index in [1.165, 1.54) is 18.9 Å². The molecule has 6 nitrogen and oxygen atoms in total. The number of carboxylic acids is 1. The molecule has 1 saturated heterocycles. The zero-order valence-corrected chi connectivity index (χ0v) is 11.0. The lowest BCUT2D eigenvalue weighted by atomic mass is 10.1. The highest BCUT2D eigenvalue weighted by Gasteiger charge is 2.43. The van der Waals surface area contributed by atoms with Gasteiger partial charge in [-0.1, -0.05) is 18.2 Å². The average molecular weight is 283 g/mol. The van der Waals surface area contributed by atoms with Crippen LogP contribution in [0.5, 0.6) is 5.75 Å². The van der Waals surface area contributed by atoms with Crippen molar-refractivity contribution < 1.29 is 24.5 Å². The van der Waals surface area contributed by atoms with Gasteiger partial charge in [-0.2, -0.15) is 0 Å². The Hall–Kier alpha value is -1.89. The lowest BCUT2D eigenvalue weighted by molar-refractivity contribution is -0.141. The van der Waals surface area contributed by atoms with Crippen LogP contribution in [0.4, 0.5) is 4.79 Å². The number of benzene rings is 1. The Bertz CT molecular complexity index is 507. The zero-order valence-electron chi connectivity index (χ0n) is 10.1. The van der Waals surface area contributed by atoms with Gasteiger partial charge in [0.25, 0.3) is 0 Å². The van der Waals surface area contributed by atoms with E-state index in [4.69, 9.17) is 9.84 Å². The van der Waals surface area contributed by atoms with Crippen LogP contribution in [0, 0.1) is 0 Å². The molecule has 1 aliphatic heterocycles. The monoisotopic (exact) mass is 283 g/mol. The molecule has 0 bridgehead atoms. The maximum absolute atomic E-state index is 11.3. The second-order valence-corrected chi connectivity index (χ2v) is 5.08. The van der Waals surface area contributed by atoms with Gasteiger partial charge in [-0.3, -0.25) is 4.90 Å². The van der Waals surface area contributed by atoms with E-state index in [0.29, 0.717) is 11.3 Å². The van der Waals surface area contributed by atoms with Gasteiger partial charge < -0.3 is 14.9 Å². The van der Waals surface area contributed by atoms with Crippen LogP contribution in [0.2, 0.25) is 0 Å². The van der Waals surface area contributed by atoms with Gasteiger partial charge in [0.2, 0.25) is 0 Å². The molecule has 1 heterocycles. The fourth-order valence-corrected chi connectivity index (χ4v) is 3.48. The van der Waals surface area contributed by atoms with Crippen molar-refractivity contribution in [3.8, 4) is 5.75 Å². The van der Waals surface area contributed by atoms with Crippen LogP contribution >= 0.6 is 11.8 Å². The number of hydrogen-bond acceptors (Lipinski definition) is 4. The molecule has 0 saturated carbocycles. The second-order valence-electron chi connectivity index (χ2n) is 3.97. The number of hydrogen-bond donors (Lipinski definition) is 2. The first-order valence-corrected chi connectivity index (χ1v) is 6.59. The van der Waals surface area contributed by atoms with Gasteiger partial charge in [0.1, 0.15) is 17.2 Å². The molecule has 0 radical (unpaired) electrons. The first-order valence-electron chi connectivity index (χ1n) is 5.55. The fraction of sp³-hybridized carbons (Fsp3) is 0.333. The number of carbonyl (C=O) groups is 2. The first kappa shape index (κ1) is 13.5. The van der Waals surface area contributed by atoms with Crippen molar-refractivity contribution >= 4 is 23.8 Å². The Morgan fingerprint density at radius 1 is 1.37 bits per heavy atom. The van der Waals surface area contributed by atoms with Crippen LogP contribution in [0.3, 0.4) is 0 Å². The third-order valence-electron chi connectivity index (χ3n) is 2.91. The minimum atomic E-state index is -1.24. The summed E-state index contributed by atoms with van der Waals surface area (Å²) in [6.45, 7) is 0. The van der Waals surface area contributed by atoms with Crippen molar-refractivity contribution in [1.82, 2.24) is 4.90 Å². The predicted molar refractivity (Wildman–Crippen MR) is 69.5 cm³/mol. The number of carboxylic acid groups (broad SMARTS) is 2. The number of para-hydroxylation sites is 1. The van der Waals surface area contributed by atoms with Crippen LogP contribution < -0.4 is 4.74 Å². The molecule has 1 fully saturated rings. The van der Waals surface area contributed by atoms with Gasteiger partial charge in [0.15, 0.2) is 0 Å². The Kier molecular flexibility index (Phi) is 3.84. The normalized spacial score (nSPS) is 22.3. The summed E-state index contributed by atoms with van der Waals surface area (Å²) in [6.07, 6.45) is -1.24. The Labute approximate surface area is 114 Å². The summed E-state index contributed by atoms with van der Waals surface area (Å²) in [4.78, 5) is 23.4. The van der Waals surface area contributed by atoms with E-state index < -0.39 is 23.5 Å². The van der Waals surface area contributed by atoms with Crippen LogP contribution in [-0.2, 0) is 4.79 Å². The van der Waals surface area contributed by atoms with Crippen LogP contribution in [0.1, 0.15) is 10.9 Å². The maximum Gasteiger partial charge on any atom is 0.409 e. The molecular weight excluding hydrogens is 270 g/mol. The van der Waals surface area contributed by atoms with Gasteiger partial charge in [0.05, 0.1) is 7.11 Å². The number of rotatable bonds is 3. The zero-order chi connectivity index (χ0) is 14.0. The number of ether oxygens (including phenoxy) is 1. The van der Waals surface area contributed by atoms with E-state index >= 15 is 0 Å². The van der Waals surface area contributed by atoms with Crippen molar-refractivity contribution in [2.24, 2.45) is 0 Å². The molecule has 2 atom stereocenters. The number of thioether (sulfide) groups is 1. The van der Waals surface area contributed by atoms with Gasteiger partial charge >= 0.3 is 12.1 Å². The summed E-state index contributed by atoms with van der Waals surface area (Å²) < 4.78 is 5.20. The third-order valence-corrected chi connectivity index (χ3v) is 4.22. The molecule has 1 amide bonds. The molecule has 2 rings (SSSR count). The highest BCUT2D eigenvalue weighted by molar-refractivity contribution is 7.99. The molecule has 0 aliphatic carbocycles. The molecule has 0 spiro atoms. The molecule has 102 valence electrons. The minimum Gasteiger partial charge on any atom is -0.496 e. The van der Waals surface area contributed by atoms with Crippen LogP contribution in [-0.4, -0.2) is 46.1 Å². The lowest BCUT2D eigenvalue weighted by Gasteiger charge is -2.25. The predicted octanol–water partition coefficient (Wildman–Crippen LogP) is 1.87. The second kappa shape index (κ2) is 5.40. The summed E-state index contributed by atoms with van der Waals surface area (Å²) in [6, 6.07) is 5.99. The SMILES string of the molecule is COc1ccccc1[C@H]1SCC(C(=O)O)N1C(=O)O. The third kappa shape index (κ3) is 2.46. The molecule has 1 aliphatic rings. The Morgan fingerprint density at radius 2 is 2.05 bits per heavy atom. The van der Waals surface area contributed by atoms with Crippen molar-refractivity contribution in [2.75, 3.05) is 12.9 Å². The largest absolute Gasteiger partial charge is 0.496 e. The summed E-state index contributed by atoms with van der Waals surface area (Å²) in [5.74, 6) is -0.353. The number of aliphatic carboxylic acids is 1. The number of nitrogens with zero attached hydrogens (tertiary/aromatic N) is 1. The molecular formula is C12H13NO5S. The smallest absolute Gasteiger partial charge is 0.409 e. The topological polar surface area (TPSA) is 87.1 Å². The summed E-state index contributed by atoms with van der Waals surface area (Å²) >= 11 is 1.28. The van der Waals surface area contributed by atoms with Crippen LogP contribution in [0.15, 0.2) is 24.3 Å². The van der Waals surface area contributed by atoms with E-state index in [1.54, 1.807) is 24.3 Å². The molecule has 1 aromatic rings. The fourth-order valence-electron chi connectivity index (χ4n) is 2.04. The lowest BCUT2D eigenvalue weighted by Crippen LogP contribution is -2.42. The standard InChI is InChI=1S/C12H13NO5S/c1-18-9-5-3-2-4-7(9)10-13(12(16)17)8(6-19-10)11(14)15/h2-5,8,10H,6H2,1H3,(H,14,15)(H,16,17)/t8?,10-/m1/s1. The van der Waals surface area contributed by atoms with Gasteiger partial charge in [0, 0.05) is 11.3 Å².